The molecule has 47 heavy (non-hydrogen) atoms. The highest BCUT2D eigenvalue weighted by Gasteiger charge is 2.38. The molecule has 3 aromatic rings. The molecule has 3 heterocycles. The highest BCUT2D eigenvalue weighted by Crippen LogP contribution is 2.37. The van der Waals surface area contributed by atoms with E-state index in [0.29, 0.717) is 40.1 Å². The monoisotopic (exact) mass is 664 g/mol. The predicted octanol–water partition coefficient (Wildman–Crippen LogP) is 5.10. The minimum Gasteiger partial charge on any atom is -0.497 e. The maximum absolute atomic E-state index is 13.9. The van der Waals surface area contributed by atoms with Crippen molar-refractivity contribution in [3.8, 4) is 11.6 Å². The van der Waals surface area contributed by atoms with E-state index < -0.39 is 10.0 Å². The largest absolute Gasteiger partial charge is 0.497 e. The Kier molecular flexibility index (Phi) is 11.4. The first-order chi connectivity index (χ1) is 22.5. The Morgan fingerprint density at radius 2 is 1.68 bits per heavy atom. The summed E-state index contributed by atoms with van der Waals surface area (Å²) in [4.78, 5) is 16.6. The van der Waals surface area contributed by atoms with Gasteiger partial charge in [-0.1, -0.05) is 36.8 Å². The number of benzene rings is 2. The van der Waals surface area contributed by atoms with Crippen LogP contribution in [0.15, 0.2) is 59.6 Å². The molecule has 1 unspecified atom stereocenters. The van der Waals surface area contributed by atoms with Gasteiger partial charge in [0.15, 0.2) is 0 Å². The van der Waals surface area contributed by atoms with Crippen LogP contribution >= 0.6 is 0 Å². The SMILES string of the molecule is COc1cc(C)c(S(=O)(=O)N2CCCCC2COc2ccnc(N(C)CCCN3CCC(c4ccccc4)(N(C)C)CC3)n2)c(C)c1. The molecule has 0 aliphatic carbocycles. The van der Waals surface area contributed by atoms with Gasteiger partial charge in [0.2, 0.25) is 21.9 Å². The molecular weight excluding hydrogens is 613 g/mol. The van der Waals surface area contributed by atoms with Crippen LogP contribution in [0.2, 0.25) is 0 Å². The van der Waals surface area contributed by atoms with E-state index in [1.54, 1.807) is 35.8 Å². The Labute approximate surface area is 281 Å². The van der Waals surface area contributed by atoms with E-state index in [1.165, 1.54) is 5.56 Å². The first-order valence-corrected chi connectivity index (χ1v) is 18.3. The second-order valence-electron chi connectivity index (χ2n) is 13.3. The van der Waals surface area contributed by atoms with E-state index in [4.69, 9.17) is 9.47 Å². The molecule has 0 amide bonds. The third-order valence-electron chi connectivity index (χ3n) is 10.0. The molecule has 1 aromatic heterocycles. The average Bonchev–Trinajstić information content (AvgIpc) is 3.07. The fourth-order valence-corrected chi connectivity index (χ4v) is 9.40. The third-order valence-corrected chi connectivity index (χ3v) is 12.3. The lowest BCUT2D eigenvalue weighted by Gasteiger charge is -2.46. The average molecular weight is 665 g/mol. The molecule has 0 radical (unpaired) electrons. The minimum absolute atomic E-state index is 0.0925. The summed E-state index contributed by atoms with van der Waals surface area (Å²) in [7, 11) is 4.29. The molecule has 2 aliphatic heterocycles. The Morgan fingerprint density at radius 3 is 2.34 bits per heavy atom. The first kappa shape index (κ1) is 35.1. The molecular formula is C36H52N6O4S. The van der Waals surface area contributed by atoms with Gasteiger partial charge in [-0.15, -0.1) is 0 Å². The fourth-order valence-electron chi connectivity index (χ4n) is 7.31. The van der Waals surface area contributed by atoms with Crippen LogP contribution in [0.5, 0.6) is 11.6 Å². The van der Waals surface area contributed by atoms with E-state index in [1.807, 2.05) is 20.9 Å². The summed E-state index contributed by atoms with van der Waals surface area (Å²) in [5.74, 6) is 1.72. The zero-order valence-electron chi connectivity index (χ0n) is 29.0. The van der Waals surface area contributed by atoms with Gasteiger partial charge in [-0.25, -0.2) is 13.4 Å². The van der Waals surface area contributed by atoms with Crippen molar-refractivity contribution in [2.75, 3.05) is 72.5 Å². The van der Waals surface area contributed by atoms with Gasteiger partial charge >= 0.3 is 0 Å². The van der Waals surface area contributed by atoms with E-state index in [0.717, 1.165) is 64.7 Å². The molecule has 0 saturated carbocycles. The summed E-state index contributed by atoms with van der Waals surface area (Å²) >= 11 is 0. The van der Waals surface area contributed by atoms with E-state index in [2.05, 4.69) is 69.1 Å². The van der Waals surface area contributed by atoms with Crippen LogP contribution in [-0.4, -0.2) is 106 Å². The van der Waals surface area contributed by atoms with Crippen LogP contribution in [-0.2, 0) is 15.6 Å². The third kappa shape index (κ3) is 7.91. The maximum atomic E-state index is 13.9. The molecule has 0 bridgehead atoms. The van der Waals surface area contributed by atoms with Gasteiger partial charge in [0, 0.05) is 51.0 Å². The zero-order valence-corrected chi connectivity index (χ0v) is 29.8. The highest BCUT2D eigenvalue weighted by atomic mass is 32.2. The van der Waals surface area contributed by atoms with Crippen LogP contribution < -0.4 is 14.4 Å². The number of methoxy groups -OCH3 is 1. The molecule has 0 N–H and O–H groups in total. The summed E-state index contributed by atoms with van der Waals surface area (Å²) in [6.07, 6.45) is 7.46. The highest BCUT2D eigenvalue weighted by molar-refractivity contribution is 7.89. The molecule has 2 aliphatic rings. The van der Waals surface area contributed by atoms with E-state index in [9.17, 15) is 8.42 Å². The van der Waals surface area contributed by atoms with Gasteiger partial charge in [-0.3, -0.25) is 4.90 Å². The Balaban J connectivity index is 1.14. The lowest BCUT2D eigenvalue weighted by molar-refractivity contribution is 0.0537. The summed E-state index contributed by atoms with van der Waals surface area (Å²) in [6.45, 7) is 8.35. The molecule has 256 valence electrons. The molecule has 11 heteroatoms. The van der Waals surface area contributed by atoms with Gasteiger partial charge < -0.3 is 19.3 Å². The number of rotatable bonds is 13. The van der Waals surface area contributed by atoms with Crippen LogP contribution in [0.3, 0.4) is 0 Å². The molecule has 1 atom stereocenters. The van der Waals surface area contributed by atoms with E-state index in [-0.39, 0.29) is 18.2 Å². The van der Waals surface area contributed by atoms with Crippen LogP contribution in [0.1, 0.15) is 55.2 Å². The number of hydrogen-bond acceptors (Lipinski definition) is 9. The Hall–Kier alpha value is -3.25. The molecule has 0 spiro atoms. The quantitative estimate of drug-likeness (QED) is 0.248. The van der Waals surface area contributed by atoms with Gasteiger partial charge in [0.25, 0.3) is 0 Å². The number of ether oxygens (including phenoxy) is 2. The number of sulfonamides is 1. The van der Waals surface area contributed by atoms with Crippen molar-refractivity contribution in [1.82, 2.24) is 24.1 Å². The standard InChI is InChI=1S/C36H52N6O4S/c1-28-25-32(45-6)26-29(2)34(28)47(43,44)42-22-11-10-15-31(42)27-46-33-16-19-37-35(38-33)40(5)20-12-21-41-23-17-36(18-24-41,39(3)4)30-13-8-7-9-14-30/h7-9,13-14,16,19,25-26,31H,10-12,15,17-18,20-24,27H2,1-6H3. The number of aromatic nitrogens is 2. The first-order valence-electron chi connectivity index (χ1n) is 16.8. The topological polar surface area (TPSA) is 91.3 Å². The van der Waals surface area contributed by atoms with Crippen molar-refractivity contribution < 1.29 is 17.9 Å². The van der Waals surface area contributed by atoms with Gasteiger partial charge in [-0.2, -0.15) is 9.29 Å². The lowest BCUT2D eigenvalue weighted by atomic mass is 9.80. The lowest BCUT2D eigenvalue weighted by Crippen LogP contribution is -2.50. The predicted molar refractivity (Wildman–Crippen MR) is 187 cm³/mol. The van der Waals surface area contributed by atoms with Gasteiger partial charge in [0.1, 0.15) is 12.4 Å². The fraction of sp³-hybridized carbons (Fsp3) is 0.556. The smallest absolute Gasteiger partial charge is 0.243 e. The minimum atomic E-state index is -3.72. The molecule has 5 rings (SSSR count). The number of piperidine rings is 2. The van der Waals surface area contributed by atoms with Crippen LogP contribution in [0.25, 0.3) is 0 Å². The summed E-state index contributed by atoms with van der Waals surface area (Å²) in [6, 6.07) is 15.9. The second-order valence-corrected chi connectivity index (χ2v) is 15.1. The van der Waals surface area contributed by atoms with E-state index >= 15 is 0 Å². The molecule has 2 aromatic carbocycles. The summed E-state index contributed by atoms with van der Waals surface area (Å²) < 4.78 is 41.0. The number of anilines is 1. The van der Waals surface area contributed by atoms with Gasteiger partial charge in [0.05, 0.1) is 18.0 Å². The molecule has 2 fully saturated rings. The summed E-state index contributed by atoms with van der Waals surface area (Å²) in [5, 5.41) is 0. The van der Waals surface area contributed by atoms with Crippen molar-refractivity contribution in [2.45, 2.75) is 68.8 Å². The van der Waals surface area contributed by atoms with Crippen LogP contribution in [0, 0.1) is 13.8 Å². The Bertz CT molecular complexity index is 1550. The second kappa shape index (κ2) is 15.3. The van der Waals surface area contributed by atoms with Gasteiger partial charge in [-0.05, 0) is 95.4 Å². The molecule has 2 saturated heterocycles. The number of aryl methyl sites for hydroxylation is 2. The number of nitrogens with zero attached hydrogens (tertiary/aromatic N) is 6. The van der Waals surface area contributed by atoms with Crippen molar-refractivity contribution in [1.29, 1.82) is 0 Å². The van der Waals surface area contributed by atoms with Crippen LogP contribution in [0.4, 0.5) is 5.95 Å². The van der Waals surface area contributed by atoms with Crippen molar-refractivity contribution in [3.05, 3.63) is 71.4 Å². The summed E-state index contributed by atoms with van der Waals surface area (Å²) in [5.41, 5.74) is 2.87. The normalized spacial score (nSPS) is 19.1. The zero-order chi connectivity index (χ0) is 33.6. The Morgan fingerprint density at radius 1 is 0.979 bits per heavy atom. The molecule has 10 nitrogen and oxygen atoms in total. The number of hydrogen-bond donors (Lipinski definition) is 0. The maximum Gasteiger partial charge on any atom is 0.243 e. The van der Waals surface area contributed by atoms with Crippen molar-refractivity contribution in [3.63, 3.8) is 0 Å². The number of likely N-dealkylation sites (tertiary alicyclic amines) is 1. The van der Waals surface area contributed by atoms with Crippen molar-refractivity contribution >= 4 is 16.0 Å². The van der Waals surface area contributed by atoms with Crippen molar-refractivity contribution in [2.24, 2.45) is 0 Å².